The number of carbonyl (C=O) groups excluding carboxylic acids is 1. The standard InChI is InChI=1S/C14H24N2O4/c1-5-9-10(14(17)19-8-4)13-15-12(16-20-13)11(6-2)18-7-3/h10-11H,5-9H2,1-4H3. The first kappa shape index (κ1) is 16.6. The van der Waals surface area contributed by atoms with Crippen LogP contribution in [0.5, 0.6) is 0 Å². The second-order valence-corrected chi connectivity index (χ2v) is 4.44. The van der Waals surface area contributed by atoms with Gasteiger partial charge in [0.05, 0.1) is 6.61 Å². The van der Waals surface area contributed by atoms with Crippen molar-refractivity contribution < 1.29 is 18.8 Å². The summed E-state index contributed by atoms with van der Waals surface area (Å²) in [4.78, 5) is 16.2. The molecule has 0 aliphatic rings. The monoisotopic (exact) mass is 284 g/mol. The Bertz CT molecular complexity index is 406. The molecule has 1 aromatic rings. The van der Waals surface area contributed by atoms with Crippen molar-refractivity contribution in [1.29, 1.82) is 0 Å². The predicted octanol–water partition coefficient (Wildman–Crippen LogP) is 3.00. The van der Waals surface area contributed by atoms with E-state index in [-0.39, 0.29) is 12.1 Å². The van der Waals surface area contributed by atoms with Crippen molar-refractivity contribution in [3.63, 3.8) is 0 Å². The molecule has 0 spiro atoms. The van der Waals surface area contributed by atoms with Crippen molar-refractivity contribution in [3.8, 4) is 0 Å². The van der Waals surface area contributed by atoms with Crippen molar-refractivity contribution in [2.75, 3.05) is 13.2 Å². The first-order valence-corrected chi connectivity index (χ1v) is 7.29. The van der Waals surface area contributed by atoms with Gasteiger partial charge in [0.25, 0.3) is 0 Å². The van der Waals surface area contributed by atoms with Crippen LogP contribution in [0.15, 0.2) is 4.52 Å². The number of aromatic nitrogens is 2. The number of hydrogen-bond donors (Lipinski definition) is 0. The predicted molar refractivity (Wildman–Crippen MR) is 73.2 cm³/mol. The molecule has 0 aromatic carbocycles. The van der Waals surface area contributed by atoms with Gasteiger partial charge in [0, 0.05) is 6.61 Å². The van der Waals surface area contributed by atoms with E-state index in [0.29, 0.717) is 31.3 Å². The van der Waals surface area contributed by atoms with E-state index in [1.54, 1.807) is 6.92 Å². The molecule has 6 nitrogen and oxygen atoms in total. The third-order valence-electron chi connectivity index (χ3n) is 2.93. The van der Waals surface area contributed by atoms with E-state index in [2.05, 4.69) is 10.1 Å². The quantitative estimate of drug-likeness (QED) is 0.649. The second-order valence-electron chi connectivity index (χ2n) is 4.44. The molecule has 6 heteroatoms. The lowest BCUT2D eigenvalue weighted by atomic mass is 10.0. The van der Waals surface area contributed by atoms with Gasteiger partial charge < -0.3 is 14.0 Å². The molecule has 0 radical (unpaired) electrons. The van der Waals surface area contributed by atoms with Crippen LogP contribution >= 0.6 is 0 Å². The summed E-state index contributed by atoms with van der Waals surface area (Å²) in [6.07, 6.45) is 2.03. The number of esters is 1. The molecule has 2 unspecified atom stereocenters. The summed E-state index contributed by atoms with van der Waals surface area (Å²) in [5.41, 5.74) is 0. The van der Waals surface area contributed by atoms with Crippen LogP contribution in [-0.4, -0.2) is 29.3 Å². The zero-order valence-electron chi connectivity index (χ0n) is 12.7. The van der Waals surface area contributed by atoms with E-state index in [1.165, 1.54) is 0 Å². The highest BCUT2D eigenvalue weighted by Gasteiger charge is 2.28. The lowest BCUT2D eigenvalue weighted by Crippen LogP contribution is -2.16. The van der Waals surface area contributed by atoms with Gasteiger partial charge in [-0.2, -0.15) is 4.98 Å². The third kappa shape index (κ3) is 4.30. The Kier molecular flexibility index (Phi) is 7.22. The summed E-state index contributed by atoms with van der Waals surface area (Å²) < 4.78 is 15.8. The Hall–Kier alpha value is -1.43. The third-order valence-corrected chi connectivity index (χ3v) is 2.93. The van der Waals surface area contributed by atoms with Gasteiger partial charge in [-0.15, -0.1) is 0 Å². The highest BCUT2D eigenvalue weighted by molar-refractivity contribution is 5.76. The SMILES string of the molecule is CCCC(C(=O)OCC)c1nc(C(CC)OCC)no1. The molecular weight excluding hydrogens is 260 g/mol. The average molecular weight is 284 g/mol. The minimum absolute atomic E-state index is 0.193. The molecule has 1 heterocycles. The highest BCUT2D eigenvalue weighted by atomic mass is 16.5. The fraction of sp³-hybridized carbons (Fsp3) is 0.786. The fourth-order valence-corrected chi connectivity index (χ4v) is 1.97. The van der Waals surface area contributed by atoms with Gasteiger partial charge in [-0.3, -0.25) is 4.79 Å². The summed E-state index contributed by atoms with van der Waals surface area (Å²) >= 11 is 0. The number of rotatable bonds is 9. The van der Waals surface area contributed by atoms with Crippen molar-refractivity contribution in [2.45, 2.75) is 59.0 Å². The summed E-state index contributed by atoms with van der Waals surface area (Å²) in [5.74, 6) is 0.0162. The second kappa shape index (κ2) is 8.68. The fourth-order valence-electron chi connectivity index (χ4n) is 1.97. The molecule has 0 bridgehead atoms. The lowest BCUT2D eigenvalue weighted by Gasteiger charge is -2.11. The molecule has 0 aliphatic heterocycles. The number of hydrogen-bond acceptors (Lipinski definition) is 6. The van der Waals surface area contributed by atoms with E-state index in [9.17, 15) is 4.79 Å². The first-order valence-electron chi connectivity index (χ1n) is 7.29. The number of nitrogens with zero attached hydrogens (tertiary/aromatic N) is 2. The van der Waals surface area contributed by atoms with Gasteiger partial charge in [-0.05, 0) is 26.7 Å². The maximum atomic E-state index is 11.9. The molecule has 2 atom stereocenters. The minimum Gasteiger partial charge on any atom is -0.465 e. The molecule has 1 aromatic heterocycles. The first-order chi connectivity index (χ1) is 9.67. The molecule has 1 rings (SSSR count). The minimum atomic E-state index is -0.486. The Morgan fingerprint density at radius 3 is 2.55 bits per heavy atom. The normalized spacial score (nSPS) is 14.0. The van der Waals surface area contributed by atoms with Crippen LogP contribution in [-0.2, 0) is 14.3 Å². The maximum Gasteiger partial charge on any atom is 0.318 e. The Labute approximate surface area is 119 Å². The molecule has 20 heavy (non-hydrogen) atoms. The zero-order valence-corrected chi connectivity index (χ0v) is 12.7. The average Bonchev–Trinajstić information content (AvgIpc) is 2.91. The summed E-state index contributed by atoms with van der Waals surface area (Å²) in [5, 5.41) is 3.93. The Morgan fingerprint density at radius 1 is 1.25 bits per heavy atom. The molecule has 0 fully saturated rings. The molecule has 0 saturated carbocycles. The van der Waals surface area contributed by atoms with E-state index >= 15 is 0 Å². The summed E-state index contributed by atoms with van der Waals surface area (Å²) in [6.45, 7) is 8.61. The van der Waals surface area contributed by atoms with Crippen molar-refractivity contribution in [3.05, 3.63) is 11.7 Å². The van der Waals surface area contributed by atoms with Crippen molar-refractivity contribution in [1.82, 2.24) is 10.1 Å². The smallest absolute Gasteiger partial charge is 0.318 e. The number of ether oxygens (including phenoxy) is 2. The van der Waals surface area contributed by atoms with E-state index < -0.39 is 5.92 Å². The highest BCUT2D eigenvalue weighted by Crippen LogP contribution is 2.24. The van der Waals surface area contributed by atoms with Crippen LogP contribution in [0.25, 0.3) is 0 Å². The molecule has 114 valence electrons. The van der Waals surface area contributed by atoms with Crippen LogP contribution in [0.4, 0.5) is 0 Å². The van der Waals surface area contributed by atoms with Crippen LogP contribution in [0.2, 0.25) is 0 Å². The lowest BCUT2D eigenvalue weighted by molar-refractivity contribution is -0.145. The maximum absolute atomic E-state index is 11.9. The van der Waals surface area contributed by atoms with Gasteiger partial charge in [0.2, 0.25) is 11.7 Å². The van der Waals surface area contributed by atoms with Gasteiger partial charge in [-0.25, -0.2) is 0 Å². The van der Waals surface area contributed by atoms with Crippen LogP contribution < -0.4 is 0 Å². The van der Waals surface area contributed by atoms with Crippen LogP contribution in [0.3, 0.4) is 0 Å². The molecule has 0 saturated heterocycles. The van der Waals surface area contributed by atoms with Gasteiger partial charge in [-0.1, -0.05) is 25.4 Å². The molecule has 0 N–H and O–H groups in total. The summed E-state index contributed by atoms with van der Waals surface area (Å²) in [7, 11) is 0. The van der Waals surface area contributed by atoms with Gasteiger partial charge >= 0.3 is 5.97 Å². The van der Waals surface area contributed by atoms with Gasteiger partial charge in [0.1, 0.15) is 12.0 Å². The van der Waals surface area contributed by atoms with E-state index in [4.69, 9.17) is 14.0 Å². The molecule has 0 aliphatic carbocycles. The molecule has 0 amide bonds. The van der Waals surface area contributed by atoms with Gasteiger partial charge in [0.15, 0.2) is 0 Å². The van der Waals surface area contributed by atoms with Crippen molar-refractivity contribution in [2.24, 2.45) is 0 Å². The van der Waals surface area contributed by atoms with E-state index in [1.807, 2.05) is 20.8 Å². The Balaban J connectivity index is 2.87. The zero-order chi connectivity index (χ0) is 15.0. The van der Waals surface area contributed by atoms with Crippen molar-refractivity contribution >= 4 is 5.97 Å². The topological polar surface area (TPSA) is 74.5 Å². The van der Waals surface area contributed by atoms with E-state index in [0.717, 1.165) is 12.8 Å². The summed E-state index contributed by atoms with van der Waals surface area (Å²) in [6, 6.07) is 0. The molecular formula is C14H24N2O4. The largest absolute Gasteiger partial charge is 0.465 e. The Morgan fingerprint density at radius 2 is 2.00 bits per heavy atom. The number of carbonyl (C=O) groups is 1. The van der Waals surface area contributed by atoms with Crippen LogP contribution in [0, 0.1) is 0 Å². The van der Waals surface area contributed by atoms with Crippen LogP contribution in [0.1, 0.15) is 70.7 Å².